The molecule has 1 fully saturated rings. The van der Waals surface area contributed by atoms with Gasteiger partial charge < -0.3 is 20.5 Å². The Bertz CT molecular complexity index is 962. The summed E-state index contributed by atoms with van der Waals surface area (Å²) in [6.45, 7) is 2.06. The Labute approximate surface area is 171 Å². The Kier molecular flexibility index (Phi) is 5.50. The molecule has 0 saturated carbocycles. The summed E-state index contributed by atoms with van der Waals surface area (Å²) in [5.41, 5.74) is -0.112. The molecule has 0 bridgehead atoms. The van der Waals surface area contributed by atoms with E-state index in [2.05, 4.69) is 25.6 Å². The summed E-state index contributed by atoms with van der Waals surface area (Å²) >= 11 is 0. The number of aromatic amines is 1. The van der Waals surface area contributed by atoms with E-state index in [0.29, 0.717) is 25.1 Å². The Morgan fingerprint density at radius 3 is 2.87 bits per heavy atom. The first-order valence-corrected chi connectivity index (χ1v) is 9.87. The lowest BCUT2D eigenvalue weighted by molar-refractivity contribution is -0.137. The predicted molar refractivity (Wildman–Crippen MR) is 106 cm³/mol. The number of allylic oxidation sites excluding steroid dienone is 1. The summed E-state index contributed by atoms with van der Waals surface area (Å²) in [6.07, 6.45) is 3.49. The highest BCUT2D eigenvalue weighted by atomic mass is 19.4. The van der Waals surface area contributed by atoms with Crippen molar-refractivity contribution < 1.29 is 18.0 Å². The first-order chi connectivity index (χ1) is 14.3. The molecule has 2 aliphatic heterocycles. The summed E-state index contributed by atoms with van der Waals surface area (Å²) in [6, 6.07) is 0.0494. The number of hydrogen-bond donors (Lipinski definition) is 3. The number of nitrogens with zero attached hydrogens (tertiary/aromatic N) is 3. The first kappa shape index (κ1) is 20.4. The van der Waals surface area contributed by atoms with Crippen LogP contribution in [0.15, 0.2) is 24.5 Å². The average Bonchev–Trinajstić information content (AvgIpc) is 3.12. The smallest absolute Gasteiger partial charge is 0.356 e. The third-order valence-electron chi connectivity index (χ3n) is 5.40. The van der Waals surface area contributed by atoms with Crippen LogP contribution in [0.4, 0.5) is 19.1 Å². The highest BCUT2D eigenvalue weighted by Crippen LogP contribution is 2.38. The van der Waals surface area contributed by atoms with Gasteiger partial charge in [0.1, 0.15) is 11.3 Å². The molecule has 160 valence electrons. The number of carbonyl (C=O) groups is 1. The molecule has 0 radical (unpaired) electrons. The number of amides is 1. The van der Waals surface area contributed by atoms with Crippen molar-refractivity contribution in [3.63, 3.8) is 0 Å². The largest absolute Gasteiger partial charge is 0.419 e. The van der Waals surface area contributed by atoms with Crippen LogP contribution in [-0.4, -0.2) is 58.5 Å². The summed E-state index contributed by atoms with van der Waals surface area (Å²) in [5, 5.41) is 6.37. The molecule has 4 heterocycles. The molecule has 30 heavy (non-hydrogen) atoms. The van der Waals surface area contributed by atoms with Gasteiger partial charge in [-0.05, 0) is 31.4 Å². The molecule has 1 amide bonds. The molecule has 10 heteroatoms. The van der Waals surface area contributed by atoms with Crippen molar-refractivity contribution in [1.29, 1.82) is 0 Å². The first-order valence-electron chi connectivity index (χ1n) is 9.87. The van der Waals surface area contributed by atoms with E-state index in [4.69, 9.17) is 0 Å². The maximum atomic E-state index is 13.7. The van der Waals surface area contributed by atoms with Crippen molar-refractivity contribution in [3.05, 3.63) is 41.4 Å². The second kappa shape index (κ2) is 8.10. The molecule has 4 rings (SSSR count). The van der Waals surface area contributed by atoms with Gasteiger partial charge >= 0.3 is 6.18 Å². The van der Waals surface area contributed by atoms with Gasteiger partial charge in [0.25, 0.3) is 5.91 Å². The Morgan fingerprint density at radius 2 is 2.13 bits per heavy atom. The monoisotopic (exact) mass is 420 g/mol. The number of carbonyl (C=O) groups excluding carboxylic acids is 1. The molecule has 0 aliphatic carbocycles. The summed E-state index contributed by atoms with van der Waals surface area (Å²) in [4.78, 5) is 25.2. The number of hydrogen-bond acceptors (Lipinski definition) is 5. The third kappa shape index (κ3) is 4.04. The molecule has 2 aromatic rings. The molecule has 7 nitrogen and oxygen atoms in total. The van der Waals surface area contributed by atoms with Crippen LogP contribution < -0.4 is 10.6 Å². The van der Waals surface area contributed by atoms with Crippen molar-refractivity contribution in [2.75, 3.05) is 32.0 Å². The minimum atomic E-state index is -4.62. The maximum Gasteiger partial charge on any atom is 0.419 e. The quantitative estimate of drug-likeness (QED) is 0.665. The number of alkyl halides is 3. The topological polar surface area (TPSA) is 85.9 Å². The number of piperidine rings is 1. The predicted octanol–water partition coefficient (Wildman–Crippen LogP) is 2.84. The van der Waals surface area contributed by atoms with E-state index in [9.17, 15) is 18.0 Å². The fourth-order valence-electron chi connectivity index (χ4n) is 3.80. The van der Waals surface area contributed by atoms with Crippen LogP contribution in [0.3, 0.4) is 0 Å². The zero-order chi connectivity index (χ0) is 21.3. The lowest BCUT2D eigenvalue weighted by Crippen LogP contribution is -2.38. The highest BCUT2D eigenvalue weighted by Gasteiger charge is 2.37. The standard InChI is InChI=1S/C20H23F3N6O/c1-29-8-3-2-6-13-14(10-25-17(13)18(29)30)16-15(20(21,22)23)11-26-19(28-16)27-12-5-4-7-24-9-12/h2-3,10-12,24-25H,4-9H2,1H3,(H,26,27,28)/b3-2-/t12-/m0/s1. The third-order valence-corrected chi connectivity index (χ3v) is 5.40. The van der Waals surface area contributed by atoms with E-state index in [1.807, 2.05) is 12.2 Å². The number of halogens is 3. The van der Waals surface area contributed by atoms with E-state index in [1.165, 1.54) is 11.1 Å². The Hall–Kier alpha value is -2.88. The minimum Gasteiger partial charge on any atom is -0.356 e. The summed E-state index contributed by atoms with van der Waals surface area (Å²) in [7, 11) is 1.65. The Balaban J connectivity index is 1.78. The van der Waals surface area contributed by atoms with Crippen molar-refractivity contribution in [2.45, 2.75) is 31.5 Å². The molecule has 1 atom stereocenters. The average molecular weight is 420 g/mol. The van der Waals surface area contributed by atoms with Crippen LogP contribution in [0.1, 0.15) is 34.5 Å². The normalized spacial score (nSPS) is 21.0. The number of nitrogens with one attached hydrogen (secondary N) is 3. The minimum absolute atomic E-state index is 0.0494. The van der Waals surface area contributed by atoms with E-state index in [-0.39, 0.29) is 34.8 Å². The van der Waals surface area contributed by atoms with Gasteiger partial charge in [0.2, 0.25) is 5.95 Å². The van der Waals surface area contributed by atoms with Gasteiger partial charge in [-0.1, -0.05) is 12.2 Å². The van der Waals surface area contributed by atoms with E-state index < -0.39 is 11.7 Å². The van der Waals surface area contributed by atoms with Crippen LogP contribution in [-0.2, 0) is 12.6 Å². The van der Waals surface area contributed by atoms with Crippen LogP contribution in [0, 0.1) is 0 Å². The number of anilines is 1. The van der Waals surface area contributed by atoms with Gasteiger partial charge in [-0.25, -0.2) is 9.97 Å². The van der Waals surface area contributed by atoms with Gasteiger partial charge in [-0.2, -0.15) is 13.2 Å². The van der Waals surface area contributed by atoms with Crippen LogP contribution in [0.2, 0.25) is 0 Å². The number of likely N-dealkylation sites (N-methyl/N-ethyl adjacent to an activating group) is 1. The van der Waals surface area contributed by atoms with E-state index in [0.717, 1.165) is 25.6 Å². The number of aromatic nitrogens is 3. The molecule has 0 unspecified atom stereocenters. The summed E-state index contributed by atoms with van der Waals surface area (Å²) < 4.78 is 41.2. The van der Waals surface area contributed by atoms with Crippen molar-refractivity contribution >= 4 is 11.9 Å². The SMILES string of the molecule is CN1C/C=C\Cc2c(-c3nc(N[C@H]4CCCNC4)ncc3C(F)(F)F)c[nH]c2C1=O. The van der Waals surface area contributed by atoms with Crippen LogP contribution in [0.5, 0.6) is 0 Å². The maximum absolute atomic E-state index is 13.7. The van der Waals surface area contributed by atoms with Crippen molar-refractivity contribution in [1.82, 2.24) is 25.2 Å². The second-order valence-corrected chi connectivity index (χ2v) is 7.56. The molecule has 1 saturated heterocycles. The number of H-pyrrole nitrogens is 1. The molecular weight excluding hydrogens is 397 g/mol. The molecule has 2 aromatic heterocycles. The fraction of sp³-hybridized carbons (Fsp3) is 0.450. The second-order valence-electron chi connectivity index (χ2n) is 7.56. The molecular formula is C20H23F3N6O. The van der Waals surface area contributed by atoms with Crippen LogP contribution >= 0.6 is 0 Å². The van der Waals surface area contributed by atoms with Gasteiger partial charge in [-0.15, -0.1) is 0 Å². The lowest BCUT2D eigenvalue weighted by atomic mass is 10.00. The van der Waals surface area contributed by atoms with Gasteiger partial charge in [-0.3, -0.25) is 4.79 Å². The Morgan fingerprint density at radius 1 is 1.30 bits per heavy atom. The lowest BCUT2D eigenvalue weighted by Gasteiger charge is -2.24. The van der Waals surface area contributed by atoms with E-state index >= 15 is 0 Å². The van der Waals surface area contributed by atoms with Gasteiger partial charge in [0.15, 0.2) is 0 Å². The van der Waals surface area contributed by atoms with Gasteiger partial charge in [0.05, 0.1) is 5.69 Å². The number of fused-ring (bicyclic) bond motifs is 1. The fourth-order valence-corrected chi connectivity index (χ4v) is 3.80. The van der Waals surface area contributed by atoms with Crippen LogP contribution in [0.25, 0.3) is 11.3 Å². The molecule has 0 spiro atoms. The van der Waals surface area contributed by atoms with Crippen molar-refractivity contribution in [3.8, 4) is 11.3 Å². The molecule has 3 N–H and O–H groups in total. The number of rotatable bonds is 3. The zero-order valence-corrected chi connectivity index (χ0v) is 16.5. The highest BCUT2D eigenvalue weighted by molar-refractivity contribution is 5.96. The molecule has 2 aliphatic rings. The zero-order valence-electron chi connectivity index (χ0n) is 16.5. The van der Waals surface area contributed by atoms with Gasteiger partial charge in [0, 0.05) is 44.1 Å². The van der Waals surface area contributed by atoms with E-state index in [1.54, 1.807) is 7.05 Å². The molecule has 0 aromatic carbocycles. The summed E-state index contributed by atoms with van der Waals surface area (Å²) in [5.74, 6) is -0.124. The van der Waals surface area contributed by atoms with Crippen molar-refractivity contribution in [2.24, 2.45) is 0 Å².